The fourth-order valence-corrected chi connectivity index (χ4v) is 6.57. The smallest absolute Gasteiger partial charge is 0.235 e. The van der Waals surface area contributed by atoms with Crippen LogP contribution in [0, 0.1) is 0 Å². The van der Waals surface area contributed by atoms with Gasteiger partial charge in [-0.15, -0.1) is 0 Å². The molecule has 262 valence electrons. The summed E-state index contributed by atoms with van der Waals surface area (Å²) in [5, 5.41) is 11.1. The number of carbonyl (C=O) groups is 1. The number of ether oxygens (including phenoxy) is 7. The largest absolute Gasteiger partial charge is 0.507 e. The molecule has 11 nitrogen and oxygen atoms in total. The van der Waals surface area contributed by atoms with E-state index in [1.807, 2.05) is 56.3 Å². The number of carbonyl (C=O) groups excluding carboxylic acids is 1. The summed E-state index contributed by atoms with van der Waals surface area (Å²) in [5.74, 6) is 2.46. The van der Waals surface area contributed by atoms with Gasteiger partial charge in [-0.1, -0.05) is 36.4 Å². The molecule has 0 saturated carbocycles. The first-order valence-corrected chi connectivity index (χ1v) is 16.2. The minimum absolute atomic E-state index is 0.158. The van der Waals surface area contributed by atoms with E-state index in [9.17, 15) is 14.7 Å². The van der Waals surface area contributed by atoms with Crippen molar-refractivity contribution in [1.29, 1.82) is 0 Å². The molecule has 0 amide bonds. The summed E-state index contributed by atoms with van der Waals surface area (Å²) < 4.78 is 45.3. The molecule has 5 aromatic rings. The number of benzene rings is 4. The number of ketones is 1. The van der Waals surface area contributed by atoms with Crippen molar-refractivity contribution in [2.45, 2.75) is 31.5 Å². The number of rotatable bonds is 5. The van der Waals surface area contributed by atoms with E-state index in [-0.39, 0.29) is 34.9 Å². The Hall–Kier alpha value is -6.10. The Morgan fingerprint density at radius 3 is 2.25 bits per heavy atom. The second kappa shape index (κ2) is 13.0. The van der Waals surface area contributed by atoms with Crippen LogP contribution in [0.15, 0.2) is 82.0 Å². The zero-order chi connectivity index (χ0) is 36.0. The monoisotopic (exact) mass is 692 g/mol. The summed E-state index contributed by atoms with van der Waals surface area (Å²) >= 11 is 0. The summed E-state index contributed by atoms with van der Waals surface area (Å²) in [6.07, 6.45) is 3.23. The maximum absolute atomic E-state index is 13.6. The standard InChI is InChI=1S/C23H22O7.C17H14O4/c1-23(2)6-5-11-15(30-23)8-13(24)20-21(25)19-12-7-16(26-3)17(27-4)9-14(12)28-10-18(19)29-22(11)20;1-19-13-10-6-9-12-14(18)17(20-2)15(21-16(12)13)11-7-4-3-5-8-11/h5-9,18-19,24H,10H2,1-4H3;3-10H,1-2H3. The highest BCUT2D eigenvalue weighted by atomic mass is 16.5. The van der Waals surface area contributed by atoms with E-state index >= 15 is 0 Å². The number of hydrogen-bond acceptors (Lipinski definition) is 11. The maximum atomic E-state index is 13.6. The lowest BCUT2D eigenvalue weighted by molar-refractivity contribution is 0.0547. The SMILES string of the molecule is COc1c(-c2ccccc2)oc2c(OC)cccc2c1=O.COc1cc2c(cc1OC)C1C(=O)c3c(O)cc4c(c3OC1CO2)C=CC(C)(C)O4. The molecule has 51 heavy (non-hydrogen) atoms. The number of phenols is 1. The van der Waals surface area contributed by atoms with Crippen LogP contribution in [-0.4, -0.2) is 57.6 Å². The van der Waals surface area contributed by atoms with E-state index in [1.165, 1.54) is 20.3 Å². The van der Waals surface area contributed by atoms with Crippen molar-refractivity contribution in [2.24, 2.45) is 0 Å². The van der Waals surface area contributed by atoms with Gasteiger partial charge in [0.2, 0.25) is 11.2 Å². The van der Waals surface area contributed by atoms with Crippen molar-refractivity contribution in [3.05, 3.63) is 99.7 Å². The molecule has 11 heteroatoms. The molecule has 0 aliphatic carbocycles. The quantitative estimate of drug-likeness (QED) is 0.201. The van der Waals surface area contributed by atoms with Gasteiger partial charge >= 0.3 is 0 Å². The summed E-state index contributed by atoms with van der Waals surface area (Å²) in [4.78, 5) is 26.2. The van der Waals surface area contributed by atoms with Crippen LogP contribution in [0.2, 0.25) is 0 Å². The van der Waals surface area contributed by atoms with Gasteiger partial charge in [-0.2, -0.15) is 0 Å². The summed E-state index contributed by atoms with van der Waals surface area (Å²) in [5.41, 5.74) is 1.92. The van der Waals surface area contributed by atoms with E-state index in [1.54, 1.807) is 44.6 Å². The van der Waals surface area contributed by atoms with Gasteiger partial charge in [0.1, 0.15) is 46.9 Å². The van der Waals surface area contributed by atoms with Crippen LogP contribution in [0.3, 0.4) is 0 Å². The fourth-order valence-electron chi connectivity index (χ4n) is 6.57. The fraction of sp³-hybridized carbons (Fsp3) is 0.250. The van der Waals surface area contributed by atoms with Crippen molar-refractivity contribution in [3.63, 3.8) is 0 Å². The number of para-hydroxylation sites is 1. The van der Waals surface area contributed by atoms with Gasteiger partial charge < -0.3 is 42.7 Å². The van der Waals surface area contributed by atoms with E-state index in [0.717, 1.165) is 5.56 Å². The first-order chi connectivity index (χ1) is 24.6. The third-order valence-corrected chi connectivity index (χ3v) is 9.01. The van der Waals surface area contributed by atoms with Gasteiger partial charge in [0.05, 0.1) is 45.3 Å². The molecule has 1 N–H and O–H groups in total. The molecule has 0 radical (unpaired) electrons. The predicted molar refractivity (Wildman–Crippen MR) is 189 cm³/mol. The predicted octanol–water partition coefficient (Wildman–Crippen LogP) is 7.19. The first-order valence-electron chi connectivity index (χ1n) is 16.2. The molecule has 0 bridgehead atoms. The molecule has 2 unspecified atom stereocenters. The second-order valence-electron chi connectivity index (χ2n) is 12.6. The Morgan fingerprint density at radius 1 is 0.824 bits per heavy atom. The molecule has 4 heterocycles. The number of fused-ring (bicyclic) bond motifs is 7. The molecule has 0 saturated heterocycles. The summed E-state index contributed by atoms with van der Waals surface area (Å²) in [7, 11) is 6.08. The minimum Gasteiger partial charge on any atom is -0.507 e. The molecule has 3 aliphatic heterocycles. The van der Waals surface area contributed by atoms with Gasteiger partial charge in [0.15, 0.2) is 34.4 Å². The van der Waals surface area contributed by atoms with E-state index in [4.69, 9.17) is 37.6 Å². The molecular formula is C40H36O11. The highest BCUT2D eigenvalue weighted by Gasteiger charge is 2.46. The Bertz CT molecular complexity index is 2250. The lowest BCUT2D eigenvalue weighted by atomic mass is 9.80. The molecule has 3 aliphatic rings. The first kappa shape index (κ1) is 33.4. The summed E-state index contributed by atoms with van der Waals surface area (Å²) in [6.45, 7) is 4.02. The van der Waals surface area contributed by atoms with Crippen LogP contribution < -0.4 is 38.6 Å². The molecule has 0 fully saturated rings. The number of aromatic hydroxyl groups is 1. The van der Waals surface area contributed by atoms with Crippen molar-refractivity contribution in [3.8, 4) is 57.3 Å². The van der Waals surface area contributed by atoms with Gasteiger partial charge in [0.25, 0.3) is 0 Å². The Labute approximate surface area is 293 Å². The number of Topliss-reactive ketones (excluding diaryl/α,β-unsaturated/α-hetero) is 1. The van der Waals surface area contributed by atoms with Gasteiger partial charge in [0, 0.05) is 23.3 Å². The average Bonchev–Trinajstić information content (AvgIpc) is 3.13. The Balaban J connectivity index is 0.000000170. The van der Waals surface area contributed by atoms with Crippen LogP contribution in [0.1, 0.15) is 41.3 Å². The normalized spacial score (nSPS) is 17.5. The lowest BCUT2D eigenvalue weighted by Crippen LogP contribution is -2.43. The number of methoxy groups -OCH3 is 4. The summed E-state index contributed by atoms with van der Waals surface area (Å²) in [6, 6.07) is 19.5. The highest BCUT2D eigenvalue weighted by molar-refractivity contribution is 6.08. The topological polar surface area (TPSA) is 132 Å². The van der Waals surface area contributed by atoms with Crippen LogP contribution in [0.25, 0.3) is 28.4 Å². The zero-order valence-electron chi connectivity index (χ0n) is 28.9. The molecule has 1 aromatic heterocycles. The van der Waals surface area contributed by atoms with Gasteiger partial charge in [-0.3, -0.25) is 9.59 Å². The third kappa shape index (κ3) is 5.74. The number of hydrogen-bond donors (Lipinski definition) is 1. The van der Waals surface area contributed by atoms with Crippen LogP contribution in [0.4, 0.5) is 0 Å². The second-order valence-corrected chi connectivity index (χ2v) is 12.6. The highest BCUT2D eigenvalue weighted by Crippen LogP contribution is 2.52. The molecular weight excluding hydrogens is 656 g/mol. The van der Waals surface area contributed by atoms with Gasteiger partial charge in [-0.05, 0) is 44.2 Å². The van der Waals surface area contributed by atoms with Crippen molar-refractivity contribution < 1.29 is 47.5 Å². The van der Waals surface area contributed by atoms with Crippen molar-refractivity contribution in [2.75, 3.05) is 35.0 Å². The minimum atomic E-state index is -0.630. The van der Waals surface area contributed by atoms with Crippen molar-refractivity contribution in [1.82, 2.24) is 0 Å². The molecule has 4 aromatic carbocycles. The molecule has 8 rings (SSSR count). The number of phenolic OH excluding ortho intramolecular Hbond substituents is 1. The van der Waals surface area contributed by atoms with Crippen LogP contribution >= 0.6 is 0 Å². The third-order valence-electron chi connectivity index (χ3n) is 9.01. The van der Waals surface area contributed by atoms with E-state index in [2.05, 4.69) is 0 Å². The van der Waals surface area contributed by atoms with E-state index < -0.39 is 17.6 Å². The maximum Gasteiger partial charge on any atom is 0.235 e. The van der Waals surface area contributed by atoms with Gasteiger partial charge in [-0.25, -0.2) is 0 Å². The lowest BCUT2D eigenvalue weighted by Gasteiger charge is -2.39. The van der Waals surface area contributed by atoms with Crippen molar-refractivity contribution >= 4 is 22.8 Å². The van der Waals surface area contributed by atoms with Crippen LogP contribution in [0.5, 0.6) is 46.0 Å². The molecule has 0 spiro atoms. The van der Waals surface area contributed by atoms with E-state index in [0.29, 0.717) is 62.4 Å². The Morgan fingerprint density at radius 2 is 1.55 bits per heavy atom. The van der Waals surface area contributed by atoms with Crippen LogP contribution in [-0.2, 0) is 0 Å². The Kier molecular flexibility index (Phi) is 8.50. The average molecular weight is 693 g/mol. The molecule has 2 atom stereocenters. The zero-order valence-corrected chi connectivity index (χ0v) is 28.9.